The number of ether oxygens (including phenoxy) is 1. The van der Waals surface area contributed by atoms with Gasteiger partial charge in [-0.05, 0) is 37.3 Å². The fourth-order valence-corrected chi connectivity index (χ4v) is 3.04. The summed E-state index contributed by atoms with van der Waals surface area (Å²) in [5, 5.41) is 5.34. The molecule has 3 aromatic carbocycles. The van der Waals surface area contributed by atoms with Gasteiger partial charge in [-0.25, -0.2) is 4.99 Å². The molecule has 27 heavy (non-hydrogen) atoms. The molecular formula is C22H18ClN3O. The molecule has 0 radical (unpaired) electrons. The number of aliphatic imine (C=N–C) groups is 1. The third-order valence-corrected chi connectivity index (χ3v) is 4.66. The Morgan fingerprint density at radius 1 is 0.889 bits per heavy atom. The molecule has 0 spiro atoms. The van der Waals surface area contributed by atoms with Crippen molar-refractivity contribution in [3.63, 3.8) is 0 Å². The molecule has 134 valence electrons. The zero-order valence-corrected chi connectivity index (χ0v) is 15.8. The van der Waals surface area contributed by atoms with E-state index in [1.54, 1.807) is 7.11 Å². The zero-order chi connectivity index (χ0) is 18.8. The van der Waals surface area contributed by atoms with E-state index in [1.165, 1.54) is 5.56 Å². The van der Waals surface area contributed by atoms with Crippen LogP contribution in [0.5, 0.6) is 5.75 Å². The summed E-state index contributed by atoms with van der Waals surface area (Å²) in [6, 6.07) is 21.6. The van der Waals surface area contributed by atoms with Gasteiger partial charge in [0.2, 0.25) is 0 Å². The summed E-state index contributed by atoms with van der Waals surface area (Å²) in [6.45, 7) is 2.06. The lowest BCUT2D eigenvalue weighted by Gasteiger charge is -2.09. The first-order valence-electron chi connectivity index (χ1n) is 8.58. The molecule has 0 aliphatic carbocycles. The molecule has 1 heterocycles. The van der Waals surface area contributed by atoms with Gasteiger partial charge in [-0.2, -0.15) is 5.10 Å². The van der Waals surface area contributed by atoms with Gasteiger partial charge in [-0.3, -0.25) is 5.43 Å². The highest BCUT2D eigenvalue weighted by molar-refractivity contribution is 6.30. The maximum atomic E-state index is 6.05. The van der Waals surface area contributed by atoms with Crippen LogP contribution in [0.1, 0.15) is 22.3 Å². The maximum Gasteiger partial charge on any atom is 0.154 e. The number of hydrogen-bond donors (Lipinski definition) is 1. The largest absolute Gasteiger partial charge is 0.497 e. The number of halogens is 1. The van der Waals surface area contributed by atoms with Crippen LogP contribution in [-0.4, -0.2) is 18.7 Å². The molecule has 0 bridgehead atoms. The van der Waals surface area contributed by atoms with E-state index >= 15 is 0 Å². The second-order valence-electron chi connectivity index (χ2n) is 6.29. The van der Waals surface area contributed by atoms with Crippen molar-refractivity contribution in [2.45, 2.75) is 6.92 Å². The SMILES string of the molecule is COc1ccc2c(c1)C(c1ccc(Cl)cc1)=NNC(c1ccc(C)cc1)=N2. The summed E-state index contributed by atoms with van der Waals surface area (Å²) < 4.78 is 5.40. The second-order valence-corrected chi connectivity index (χ2v) is 6.73. The molecule has 0 atom stereocenters. The van der Waals surface area contributed by atoms with E-state index in [1.807, 2.05) is 54.6 Å². The van der Waals surface area contributed by atoms with Crippen molar-refractivity contribution < 1.29 is 4.74 Å². The minimum Gasteiger partial charge on any atom is -0.497 e. The molecule has 4 rings (SSSR count). The van der Waals surface area contributed by atoms with Crippen molar-refractivity contribution in [1.82, 2.24) is 5.43 Å². The summed E-state index contributed by atoms with van der Waals surface area (Å²) >= 11 is 6.05. The second kappa shape index (κ2) is 7.25. The molecule has 0 fully saturated rings. The number of nitrogens with zero attached hydrogens (tertiary/aromatic N) is 2. The number of methoxy groups -OCH3 is 1. The van der Waals surface area contributed by atoms with E-state index in [0.717, 1.165) is 33.8 Å². The predicted octanol–water partition coefficient (Wildman–Crippen LogP) is 5.09. The average Bonchev–Trinajstić information content (AvgIpc) is 2.88. The Balaban J connectivity index is 1.86. The number of rotatable bonds is 3. The molecule has 0 unspecified atom stereocenters. The Morgan fingerprint density at radius 3 is 2.30 bits per heavy atom. The third kappa shape index (κ3) is 3.57. The lowest BCUT2D eigenvalue weighted by Crippen LogP contribution is -2.19. The summed E-state index contributed by atoms with van der Waals surface area (Å²) in [6.07, 6.45) is 0. The third-order valence-electron chi connectivity index (χ3n) is 4.41. The normalized spacial score (nSPS) is 13.0. The molecule has 3 aromatic rings. The van der Waals surface area contributed by atoms with Crippen LogP contribution < -0.4 is 10.2 Å². The summed E-state index contributed by atoms with van der Waals surface area (Å²) in [7, 11) is 1.65. The van der Waals surface area contributed by atoms with Crippen LogP contribution in [0.25, 0.3) is 0 Å². The molecule has 1 aliphatic rings. The molecule has 0 aromatic heterocycles. The van der Waals surface area contributed by atoms with Crippen molar-refractivity contribution in [2.75, 3.05) is 7.11 Å². The van der Waals surface area contributed by atoms with Gasteiger partial charge in [-0.15, -0.1) is 0 Å². The first-order chi connectivity index (χ1) is 13.1. The van der Waals surface area contributed by atoms with Gasteiger partial charge in [-0.1, -0.05) is 53.6 Å². The van der Waals surface area contributed by atoms with Crippen LogP contribution in [0.15, 0.2) is 76.8 Å². The number of aryl methyl sites for hydroxylation is 1. The lowest BCUT2D eigenvalue weighted by molar-refractivity contribution is 0.415. The molecular weight excluding hydrogens is 358 g/mol. The monoisotopic (exact) mass is 375 g/mol. The first kappa shape index (κ1) is 17.3. The Labute approximate surface area is 163 Å². The summed E-state index contributed by atoms with van der Waals surface area (Å²) in [5.74, 6) is 1.45. The number of nitrogens with one attached hydrogen (secondary N) is 1. The number of hydrogen-bond acceptors (Lipinski definition) is 4. The Hall–Kier alpha value is -3.11. The summed E-state index contributed by atoms with van der Waals surface area (Å²) in [5.41, 5.74) is 8.75. The Kier molecular flexibility index (Phi) is 4.65. The zero-order valence-electron chi connectivity index (χ0n) is 15.0. The highest BCUT2D eigenvalue weighted by atomic mass is 35.5. The van der Waals surface area contributed by atoms with Gasteiger partial charge in [0.1, 0.15) is 11.5 Å². The van der Waals surface area contributed by atoms with Crippen molar-refractivity contribution >= 4 is 28.8 Å². The van der Waals surface area contributed by atoms with Gasteiger partial charge in [0.25, 0.3) is 0 Å². The van der Waals surface area contributed by atoms with Crippen molar-refractivity contribution in [2.24, 2.45) is 10.1 Å². The average molecular weight is 376 g/mol. The van der Waals surface area contributed by atoms with E-state index < -0.39 is 0 Å². The van der Waals surface area contributed by atoms with Crippen molar-refractivity contribution in [1.29, 1.82) is 0 Å². The lowest BCUT2D eigenvalue weighted by atomic mass is 10.0. The van der Waals surface area contributed by atoms with Crippen molar-refractivity contribution in [3.05, 3.63) is 94.0 Å². The quantitative estimate of drug-likeness (QED) is 0.693. The van der Waals surface area contributed by atoms with E-state index in [2.05, 4.69) is 29.6 Å². The van der Waals surface area contributed by atoms with Crippen LogP contribution >= 0.6 is 11.6 Å². The van der Waals surface area contributed by atoms with Gasteiger partial charge in [0.05, 0.1) is 12.8 Å². The van der Waals surface area contributed by atoms with Gasteiger partial charge >= 0.3 is 0 Å². The van der Waals surface area contributed by atoms with E-state index in [9.17, 15) is 0 Å². The minimum absolute atomic E-state index is 0.684. The smallest absolute Gasteiger partial charge is 0.154 e. The number of fused-ring (bicyclic) bond motifs is 1. The van der Waals surface area contributed by atoms with Crippen LogP contribution in [0.2, 0.25) is 5.02 Å². The fourth-order valence-electron chi connectivity index (χ4n) is 2.91. The minimum atomic E-state index is 0.684. The molecule has 0 amide bonds. The van der Waals surface area contributed by atoms with Crippen molar-refractivity contribution in [3.8, 4) is 5.75 Å². The van der Waals surface area contributed by atoms with E-state index in [-0.39, 0.29) is 0 Å². The molecule has 4 nitrogen and oxygen atoms in total. The first-order valence-corrected chi connectivity index (χ1v) is 8.95. The molecule has 1 aliphatic heterocycles. The molecule has 0 saturated heterocycles. The van der Waals surface area contributed by atoms with E-state index in [0.29, 0.717) is 10.9 Å². The Morgan fingerprint density at radius 2 is 1.59 bits per heavy atom. The fraction of sp³-hybridized carbons (Fsp3) is 0.0909. The van der Waals surface area contributed by atoms with E-state index in [4.69, 9.17) is 21.3 Å². The molecule has 5 heteroatoms. The van der Waals surface area contributed by atoms with Gasteiger partial charge in [0.15, 0.2) is 5.84 Å². The molecule has 1 N–H and O–H groups in total. The van der Waals surface area contributed by atoms with Gasteiger partial charge in [0, 0.05) is 21.7 Å². The van der Waals surface area contributed by atoms with Crippen LogP contribution in [-0.2, 0) is 0 Å². The molecule has 0 saturated carbocycles. The number of benzene rings is 3. The standard InChI is InChI=1S/C22H18ClN3O/c1-14-3-5-16(6-4-14)22-24-20-12-11-18(27-2)13-19(20)21(25-26-22)15-7-9-17(23)10-8-15/h3-13H,1-2H3,(H,24,26). The van der Waals surface area contributed by atoms with Gasteiger partial charge < -0.3 is 4.74 Å². The number of amidine groups is 1. The highest BCUT2D eigenvalue weighted by Gasteiger charge is 2.18. The predicted molar refractivity (Wildman–Crippen MR) is 111 cm³/mol. The van der Waals surface area contributed by atoms with Crippen LogP contribution in [0, 0.1) is 6.92 Å². The maximum absolute atomic E-state index is 6.05. The van der Waals surface area contributed by atoms with Crippen LogP contribution in [0.3, 0.4) is 0 Å². The topological polar surface area (TPSA) is 46.0 Å². The number of hydrazone groups is 1. The highest BCUT2D eigenvalue weighted by Crippen LogP contribution is 2.29. The van der Waals surface area contributed by atoms with Crippen LogP contribution in [0.4, 0.5) is 5.69 Å². The Bertz CT molecular complexity index is 1040. The summed E-state index contributed by atoms with van der Waals surface area (Å²) in [4.78, 5) is 4.82.